The zero-order valence-corrected chi connectivity index (χ0v) is 10.8. The summed E-state index contributed by atoms with van der Waals surface area (Å²) in [4.78, 5) is 9.97. The Bertz CT molecular complexity index is 511. The summed E-state index contributed by atoms with van der Waals surface area (Å²) in [5.74, 6) is -1.76. The van der Waals surface area contributed by atoms with Crippen LogP contribution in [-0.2, 0) is 0 Å². The summed E-state index contributed by atoms with van der Waals surface area (Å²) in [6.07, 6.45) is 2.78. The van der Waals surface area contributed by atoms with E-state index in [1.54, 1.807) is 0 Å². The van der Waals surface area contributed by atoms with Crippen LogP contribution >= 0.6 is 0 Å². The van der Waals surface area contributed by atoms with E-state index in [9.17, 15) is 24.0 Å². The minimum absolute atomic E-state index is 0.0615. The number of hydrogen-bond acceptors (Lipinski definition) is 4. The van der Waals surface area contributed by atoms with Gasteiger partial charge >= 0.3 is 5.69 Å². The summed E-state index contributed by atoms with van der Waals surface area (Å²) in [6.45, 7) is 0.418. The van der Waals surface area contributed by atoms with Crippen LogP contribution in [0.3, 0.4) is 0 Å². The van der Waals surface area contributed by atoms with Gasteiger partial charge in [-0.3, -0.25) is 10.1 Å². The molecule has 0 amide bonds. The molecular weight excluding hydrogens is 270 g/mol. The van der Waals surface area contributed by atoms with E-state index in [1.807, 2.05) is 0 Å². The molecule has 2 rings (SSSR count). The van der Waals surface area contributed by atoms with Crippen LogP contribution in [0.2, 0.25) is 0 Å². The van der Waals surface area contributed by atoms with Gasteiger partial charge in [0.2, 0.25) is 5.82 Å². The molecule has 2 atom stereocenters. The van der Waals surface area contributed by atoms with Gasteiger partial charge in [-0.25, -0.2) is 4.39 Å². The standard InChI is InChI=1S/C13H16F2N2O3/c14-10-4-11(15)13(17(19)20)12(5-10)16-6-8-2-1-3-9(8)7-18/h4-5,8-9,16,18H,1-3,6-7H2. The van der Waals surface area contributed by atoms with E-state index in [2.05, 4.69) is 5.32 Å². The molecule has 0 spiro atoms. The number of anilines is 1. The topological polar surface area (TPSA) is 75.4 Å². The highest BCUT2D eigenvalue weighted by atomic mass is 19.1. The summed E-state index contributed by atoms with van der Waals surface area (Å²) in [6, 6.07) is 1.42. The molecular formula is C13H16F2N2O3. The fourth-order valence-corrected chi connectivity index (χ4v) is 2.75. The maximum Gasteiger partial charge on any atom is 0.327 e. The fraction of sp³-hybridized carbons (Fsp3) is 0.538. The van der Waals surface area contributed by atoms with Gasteiger partial charge in [0.15, 0.2) is 0 Å². The quantitative estimate of drug-likeness (QED) is 0.644. The second kappa shape index (κ2) is 6.13. The minimum Gasteiger partial charge on any atom is -0.396 e. The van der Waals surface area contributed by atoms with Gasteiger partial charge in [-0.2, -0.15) is 4.39 Å². The molecule has 7 heteroatoms. The average Bonchev–Trinajstić information content (AvgIpc) is 2.82. The van der Waals surface area contributed by atoms with E-state index in [0.29, 0.717) is 12.6 Å². The Labute approximate surface area is 114 Å². The molecule has 5 nitrogen and oxygen atoms in total. The van der Waals surface area contributed by atoms with Crippen molar-refractivity contribution in [2.75, 3.05) is 18.5 Å². The second-order valence-corrected chi connectivity index (χ2v) is 5.06. The van der Waals surface area contributed by atoms with E-state index < -0.39 is 22.2 Å². The first-order valence-electron chi connectivity index (χ1n) is 6.51. The summed E-state index contributed by atoms with van der Waals surface area (Å²) in [5, 5.41) is 22.8. The zero-order chi connectivity index (χ0) is 14.7. The molecule has 0 bridgehead atoms. The number of halogens is 2. The first-order valence-corrected chi connectivity index (χ1v) is 6.51. The first kappa shape index (κ1) is 14.6. The van der Waals surface area contributed by atoms with Gasteiger partial charge in [-0.15, -0.1) is 0 Å². The van der Waals surface area contributed by atoms with E-state index in [4.69, 9.17) is 0 Å². The van der Waals surface area contributed by atoms with Gasteiger partial charge in [-0.05, 0) is 24.7 Å². The molecule has 0 saturated heterocycles. The number of rotatable bonds is 5. The predicted molar refractivity (Wildman–Crippen MR) is 69.4 cm³/mol. The van der Waals surface area contributed by atoms with Gasteiger partial charge < -0.3 is 10.4 Å². The van der Waals surface area contributed by atoms with Crippen molar-refractivity contribution in [1.82, 2.24) is 0 Å². The molecule has 2 unspecified atom stereocenters. The molecule has 1 fully saturated rings. The molecule has 110 valence electrons. The normalized spacial score (nSPS) is 21.9. The van der Waals surface area contributed by atoms with Crippen LogP contribution in [-0.4, -0.2) is 23.2 Å². The third-order valence-corrected chi connectivity index (χ3v) is 3.82. The molecule has 2 N–H and O–H groups in total. The van der Waals surface area contributed by atoms with Crippen LogP contribution in [0.15, 0.2) is 12.1 Å². The van der Waals surface area contributed by atoms with Crippen molar-refractivity contribution in [1.29, 1.82) is 0 Å². The summed E-state index contributed by atoms with van der Waals surface area (Å²) >= 11 is 0. The molecule has 1 saturated carbocycles. The largest absolute Gasteiger partial charge is 0.396 e. The highest BCUT2D eigenvalue weighted by molar-refractivity contribution is 5.62. The molecule has 1 aromatic rings. The lowest BCUT2D eigenvalue weighted by Crippen LogP contribution is -2.21. The first-order chi connectivity index (χ1) is 9.52. The lowest BCUT2D eigenvalue weighted by molar-refractivity contribution is -0.386. The van der Waals surface area contributed by atoms with Gasteiger partial charge in [0.05, 0.1) is 4.92 Å². The van der Waals surface area contributed by atoms with Crippen LogP contribution in [0.1, 0.15) is 19.3 Å². The number of hydrogen-bond donors (Lipinski definition) is 2. The smallest absolute Gasteiger partial charge is 0.327 e. The Balaban J connectivity index is 2.14. The molecule has 0 heterocycles. The average molecular weight is 286 g/mol. The Morgan fingerprint density at radius 1 is 1.35 bits per heavy atom. The van der Waals surface area contributed by atoms with Gasteiger partial charge in [0, 0.05) is 25.3 Å². The number of nitro benzene ring substituents is 1. The number of aliphatic hydroxyl groups is 1. The summed E-state index contributed by atoms with van der Waals surface area (Å²) < 4.78 is 26.6. The third kappa shape index (κ3) is 3.04. The van der Waals surface area contributed by atoms with Crippen LogP contribution in [0, 0.1) is 33.6 Å². The van der Waals surface area contributed by atoms with E-state index in [0.717, 1.165) is 25.3 Å². The third-order valence-electron chi connectivity index (χ3n) is 3.82. The van der Waals surface area contributed by atoms with Crippen molar-refractivity contribution in [3.8, 4) is 0 Å². The van der Waals surface area contributed by atoms with E-state index in [-0.39, 0.29) is 24.1 Å². The van der Waals surface area contributed by atoms with Crippen LogP contribution in [0.4, 0.5) is 20.2 Å². The highest BCUT2D eigenvalue weighted by Crippen LogP contribution is 2.33. The van der Waals surface area contributed by atoms with Crippen molar-refractivity contribution in [2.45, 2.75) is 19.3 Å². The van der Waals surface area contributed by atoms with Crippen molar-refractivity contribution >= 4 is 11.4 Å². The van der Waals surface area contributed by atoms with E-state index >= 15 is 0 Å². The minimum atomic E-state index is -1.19. The van der Waals surface area contributed by atoms with Crippen molar-refractivity contribution in [3.63, 3.8) is 0 Å². The number of benzene rings is 1. The van der Waals surface area contributed by atoms with Crippen molar-refractivity contribution in [3.05, 3.63) is 33.9 Å². The fourth-order valence-electron chi connectivity index (χ4n) is 2.75. The Kier molecular flexibility index (Phi) is 4.49. The summed E-state index contributed by atoms with van der Waals surface area (Å²) in [7, 11) is 0. The maximum absolute atomic E-state index is 13.4. The van der Waals surface area contributed by atoms with Gasteiger partial charge in [0.1, 0.15) is 11.5 Å². The van der Waals surface area contributed by atoms with Crippen LogP contribution in [0.25, 0.3) is 0 Å². The van der Waals surface area contributed by atoms with Crippen molar-refractivity contribution in [2.24, 2.45) is 11.8 Å². The van der Waals surface area contributed by atoms with E-state index in [1.165, 1.54) is 0 Å². The van der Waals surface area contributed by atoms with Gasteiger partial charge in [0.25, 0.3) is 0 Å². The lowest BCUT2D eigenvalue weighted by atomic mass is 9.97. The van der Waals surface area contributed by atoms with Gasteiger partial charge in [-0.1, -0.05) is 6.42 Å². The second-order valence-electron chi connectivity index (χ2n) is 5.06. The summed E-state index contributed by atoms with van der Waals surface area (Å²) in [5.41, 5.74) is -0.902. The number of nitrogens with one attached hydrogen (secondary N) is 1. The monoisotopic (exact) mass is 286 g/mol. The Hall–Kier alpha value is -1.76. The Morgan fingerprint density at radius 2 is 2.05 bits per heavy atom. The highest BCUT2D eigenvalue weighted by Gasteiger charge is 2.28. The lowest BCUT2D eigenvalue weighted by Gasteiger charge is -2.18. The number of nitrogens with zero attached hydrogens (tertiary/aromatic N) is 1. The molecule has 1 aliphatic carbocycles. The molecule has 0 aromatic heterocycles. The van der Waals surface area contributed by atoms with Crippen LogP contribution in [0.5, 0.6) is 0 Å². The predicted octanol–water partition coefficient (Wildman–Crippen LogP) is 2.69. The number of nitro groups is 1. The zero-order valence-electron chi connectivity index (χ0n) is 10.8. The molecule has 0 aliphatic heterocycles. The molecule has 1 aromatic carbocycles. The molecule has 0 radical (unpaired) electrons. The molecule has 20 heavy (non-hydrogen) atoms. The van der Waals surface area contributed by atoms with Crippen LogP contribution < -0.4 is 5.32 Å². The molecule has 1 aliphatic rings. The Morgan fingerprint density at radius 3 is 2.70 bits per heavy atom. The maximum atomic E-state index is 13.4. The number of aliphatic hydroxyl groups excluding tert-OH is 1. The van der Waals surface area contributed by atoms with Crippen molar-refractivity contribution < 1.29 is 18.8 Å². The SMILES string of the molecule is O=[N+]([O-])c1c(F)cc(F)cc1NCC1CCCC1CO.